The number of para-hydroxylation sites is 1. The van der Waals surface area contributed by atoms with Crippen molar-refractivity contribution in [3.8, 4) is 0 Å². The molecule has 2 aromatic rings. The molecule has 22 heavy (non-hydrogen) atoms. The highest BCUT2D eigenvalue weighted by atomic mass is 19.1. The van der Waals surface area contributed by atoms with Gasteiger partial charge in [-0.3, -0.25) is 4.79 Å². The predicted molar refractivity (Wildman–Crippen MR) is 83.5 cm³/mol. The van der Waals surface area contributed by atoms with E-state index in [4.69, 9.17) is 4.42 Å². The summed E-state index contributed by atoms with van der Waals surface area (Å²) in [5.74, 6) is 0.0805. The fourth-order valence-corrected chi connectivity index (χ4v) is 3.34. The van der Waals surface area contributed by atoms with E-state index in [2.05, 4.69) is 11.8 Å². The molecule has 1 aromatic heterocycles. The number of hydrogen-bond acceptors (Lipinski definition) is 3. The van der Waals surface area contributed by atoms with Crippen molar-refractivity contribution < 1.29 is 13.6 Å². The van der Waals surface area contributed by atoms with Crippen molar-refractivity contribution in [2.75, 3.05) is 27.2 Å². The molecular formula is C17H21FN2O2. The van der Waals surface area contributed by atoms with Crippen LogP contribution in [0.3, 0.4) is 0 Å². The Hall–Kier alpha value is -1.88. The second-order valence-electron chi connectivity index (χ2n) is 6.39. The number of aryl methyl sites for hydroxylation is 1. The summed E-state index contributed by atoms with van der Waals surface area (Å²) in [6.45, 7) is 5.32. The molecule has 0 saturated carbocycles. The van der Waals surface area contributed by atoms with Gasteiger partial charge in [0.15, 0.2) is 17.2 Å². The van der Waals surface area contributed by atoms with E-state index in [1.165, 1.54) is 6.07 Å². The quantitative estimate of drug-likeness (QED) is 0.856. The van der Waals surface area contributed by atoms with Crippen LogP contribution in [0.25, 0.3) is 11.0 Å². The second kappa shape index (κ2) is 5.39. The van der Waals surface area contributed by atoms with E-state index in [0.29, 0.717) is 36.0 Å². The average Bonchev–Trinajstić information content (AvgIpc) is 3.01. The Morgan fingerprint density at radius 2 is 2.09 bits per heavy atom. The number of halogens is 1. The third-order valence-corrected chi connectivity index (χ3v) is 4.63. The van der Waals surface area contributed by atoms with Crippen molar-refractivity contribution in [1.29, 1.82) is 0 Å². The van der Waals surface area contributed by atoms with Crippen LogP contribution in [-0.4, -0.2) is 48.9 Å². The molecule has 1 amide bonds. The first-order valence-electron chi connectivity index (χ1n) is 7.53. The van der Waals surface area contributed by atoms with Gasteiger partial charge in [-0.05, 0) is 33.0 Å². The van der Waals surface area contributed by atoms with Crippen LogP contribution in [0.2, 0.25) is 0 Å². The molecule has 5 heteroatoms. The molecule has 1 aliphatic heterocycles. The van der Waals surface area contributed by atoms with Crippen LogP contribution in [0.15, 0.2) is 22.6 Å². The van der Waals surface area contributed by atoms with E-state index in [1.54, 1.807) is 24.0 Å². The Bertz CT molecular complexity index is 723. The number of carbonyl (C=O) groups is 1. The minimum atomic E-state index is -0.430. The zero-order chi connectivity index (χ0) is 16.0. The zero-order valence-electron chi connectivity index (χ0n) is 13.4. The molecular weight excluding hydrogens is 283 g/mol. The Morgan fingerprint density at radius 1 is 1.36 bits per heavy atom. The molecule has 2 atom stereocenters. The van der Waals surface area contributed by atoms with Crippen molar-refractivity contribution in [3.63, 3.8) is 0 Å². The van der Waals surface area contributed by atoms with Crippen LogP contribution >= 0.6 is 0 Å². The molecule has 2 heterocycles. The number of likely N-dealkylation sites (N-methyl/N-ethyl adjacent to an activating group) is 1. The van der Waals surface area contributed by atoms with Crippen LogP contribution in [0.4, 0.5) is 4.39 Å². The first-order chi connectivity index (χ1) is 10.4. The lowest BCUT2D eigenvalue weighted by Crippen LogP contribution is -2.35. The van der Waals surface area contributed by atoms with Crippen molar-refractivity contribution >= 4 is 16.9 Å². The molecule has 0 spiro atoms. The lowest BCUT2D eigenvalue weighted by Gasteiger charge is -2.22. The van der Waals surface area contributed by atoms with E-state index >= 15 is 0 Å². The van der Waals surface area contributed by atoms with Crippen LogP contribution < -0.4 is 0 Å². The van der Waals surface area contributed by atoms with Crippen molar-refractivity contribution in [2.24, 2.45) is 5.92 Å². The molecule has 0 radical (unpaired) electrons. The topological polar surface area (TPSA) is 36.7 Å². The van der Waals surface area contributed by atoms with Gasteiger partial charge in [0.25, 0.3) is 5.91 Å². The summed E-state index contributed by atoms with van der Waals surface area (Å²) in [4.78, 5) is 16.7. The van der Waals surface area contributed by atoms with Gasteiger partial charge in [-0.1, -0.05) is 19.1 Å². The number of likely N-dealkylation sites (tertiary alicyclic amines) is 1. The molecule has 2 unspecified atom stereocenters. The standard InChI is InChI=1S/C17H21FN2O2/c1-10-8-20(9-14(10)19(3)4)17(21)15-11(2)12-6-5-7-13(18)16(12)22-15/h5-7,10,14H,8-9H2,1-4H3. The van der Waals surface area contributed by atoms with E-state index < -0.39 is 5.82 Å². The number of amides is 1. The van der Waals surface area contributed by atoms with Gasteiger partial charge < -0.3 is 14.2 Å². The Kier molecular flexibility index (Phi) is 3.68. The highest BCUT2D eigenvalue weighted by molar-refractivity contribution is 5.99. The number of fused-ring (bicyclic) bond motifs is 1. The Balaban J connectivity index is 1.94. The Morgan fingerprint density at radius 3 is 2.68 bits per heavy atom. The van der Waals surface area contributed by atoms with E-state index in [-0.39, 0.29) is 17.3 Å². The van der Waals surface area contributed by atoms with Gasteiger partial charge in [0.05, 0.1) is 0 Å². The summed E-state index contributed by atoms with van der Waals surface area (Å²) >= 11 is 0. The summed E-state index contributed by atoms with van der Waals surface area (Å²) in [5.41, 5.74) is 0.875. The second-order valence-corrected chi connectivity index (χ2v) is 6.39. The van der Waals surface area contributed by atoms with Crippen LogP contribution in [0.1, 0.15) is 23.0 Å². The molecule has 0 aliphatic carbocycles. The smallest absolute Gasteiger partial charge is 0.289 e. The minimum absolute atomic E-state index is 0.149. The van der Waals surface area contributed by atoms with Crippen molar-refractivity contribution in [1.82, 2.24) is 9.80 Å². The van der Waals surface area contributed by atoms with E-state index in [1.807, 2.05) is 14.1 Å². The highest BCUT2D eigenvalue weighted by Crippen LogP contribution is 2.30. The first-order valence-corrected chi connectivity index (χ1v) is 7.53. The summed E-state index contributed by atoms with van der Waals surface area (Å²) in [5, 5.41) is 0.666. The summed E-state index contributed by atoms with van der Waals surface area (Å²) in [6.07, 6.45) is 0. The largest absolute Gasteiger partial charge is 0.448 e. The van der Waals surface area contributed by atoms with Gasteiger partial charge in [0.2, 0.25) is 0 Å². The maximum Gasteiger partial charge on any atom is 0.289 e. The molecule has 4 nitrogen and oxygen atoms in total. The summed E-state index contributed by atoms with van der Waals surface area (Å²) in [7, 11) is 4.05. The molecule has 3 rings (SSSR count). The van der Waals surface area contributed by atoms with Crippen LogP contribution in [0.5, 0.6) is 0 Å². The van der Waals surface area contributed by atoms with Gasteiger partial charge in [-0.25, -0.2) is 4.39 Å². The maximum absolute atomic E-state index is 13.8. The summed E-state index contributed by atoms with van der Waals surface area (Å²) < 4.78 is 19.4. The first kappa shape index (κ1) is 15.0. The molecule has 0 N–H and O–H groups in total. The Labute approximate surface area is 129 Å². The van der Waals surface area contributed by atoms with Gasteiger partial charge in [0, 0.05) is 30.1 Å². The van der Waals surface area contributed by atoms with Gasteiger partial charge in [-0.15, -0.1) is 0 Å². The normalized spacial score (nSPS) is 22.0. The van der Waals surface area contributed by atoms with Gasteiger partial charge >= 0.3 is 0 Å². The minimum Gasteiger partial charge on any atom is -0.448 e. The summed E-state index contributed by atoms with van der Waals surface area (Å²) in [6, 6.07) is 5.10. The lowest BCUT2D eigenvalue weighted by atomic mass is 10.1. The molecule has 0 bridgehead atoms. The molecule has 1 fully saturated rings. The molecule has 118 valence electrons. The van der Waals surface area contributed by atoms with Gasteiger partial charge in [-0.2, -0.15) is 0 Å². The lowest BCUT2D eigenvalue weighted by molar-refractivity contribution is 0.0751. The zero-order valence-corrected chi connectivity index (χ0v) is 13.4. The van der Waals surface area contributed by atoms with Gasteiger partial charge in [0.1, 0.15) is 0 Å². The SMILES string of the molecule is Cc1c(C(=O)N2CC(C)C(N(C)C)C2)oc2c(F)cccc12. The highest BCUT2D eigenvalue weighted by Gasteiger charge is 2.35. The maximum atomic E-state index is 13.8. The fraction of sp³-hybridized carbons (Fsp3) is 0.471. The molecule has 1 aliphatic rings. The van der Waals surface area contributed by atoms with E-state index in [9.17, 15) is 9.18 Å². The number of rotatable bonds is 2. The molecule has 1 saturated heterocycles. The molecule has 1 aromatic carbocycles. The fourth-order valence-electron chi connectivity index (χ4n) is 3.34. The van der Waals surface area contributed by atoms with Crippen LogP contribution in [-0.2, 0) is 0 Å². The number of hydrogen-bond donors (Lipinski definition) is 0. The van der Waals surface area contributed by atoms with E-state index in [0.717, 1.165) is 0 Å². The third-order valence-electron chi connectivity index (χ3n) is 4.63. The average molecular weight is 304 g/mol. The number of benzene rings is 1. The third kappa shape index (κ3) is 2.29. The predicted octanol–water partition coefficient (Wildman–Crippen LogP) is 2.90. The number of carbonyl (C=O) groups excluding carboxylic acids is 1. The van der Waals surface area contributed by atoms with Crippen LogP contribution in [0, 0.1) is 18.7 Å². The monoisotopic (exact) mass is 304 g/mol. The number of nitrogens with zero attached hydrogens (tertiary/aromatic N) is 2. The van der Waals surface area contributed by atoms with Crippen molar-refractivity contribution in [2.45, 2.75) is 19.9 Å². The number of furan rings is 1. The van der Waals surface area contributed by atoms with Crippen molar-refractivity contribution in [3.05, 3.63) is 35.3 Å².